The highest BCUT2D eigenvalue weighted by Gasteiger charge is 2.34. The van der Waals surface area contributed by atoms with Crippen LogP contribution in [0.2, 0.25) is 0 Å². The van der Waals surface area contributed by atoms with Gasteiger partial charge in [-0.1, -0.05) is 26.0 Å². The molecule has 2 N–H and O–H groups in total. The van der Waals surface area contributed by atoms with E-state index < -0.39 is 5.97 Å². The number of aromatic amines is 1. The second-order valence-corrected chi connectivity index (χ2v) is 9.17. The molecule has 5 nitrogen and oxygen atoms in total. The number of aromatic carboxylic acids is 1. The average Bonchev–Trinajstić information content (AvgIpc) is 3.21. The highest BCUT2D eigenvalue weighted by molar-refractivity contribution is 5.88. The summed E-state index contributed by atoms with van der Waals surface area (Å²) in [5.74, 6) is 0.0334. The Morgan fingerprint density at radius 2 is 2.00 bits per heavy atom. The highest BCUT2D eigenvalue weighted by Crippen LogP contribution is 2.43. The van der Waals surface area contributed by atoms with Crippen LogP contribution in [0.4, 0.5) is 0 Å². The Kier molecular flexibility index (Phi) is 5.33. The molecule has 1 aliphatic rings. The van der Waals surface area contributed by atoms with Crippen molar-refractivity contribution in [3.05, 3.63) is 64.8 Å². The van der Waals surface area contributed by atoms with Crippen molar-refractivity contribution < 1.29 is 14.6 Å². The van der Waals surface area contributed by atoms with Crippen LogP contribution in [-0.2, 0) is 6.54 Å². The maximum atomic E-state index is 11.3. The molecule has 1 atom stereocenters. The topological polar surface area (TPSA) is 65.6 Å². The van der Waals surface area contributed by atoms with Gasteiger partial charge in [0.1, 0.15) is 5.75 Å². The number of hydrogen-bond donors (Lipinski definition) is 2. The predicted molar refractivity (Wildman–Crippen MR) is 119 cm³/mol. The lowest BCUT2D eigenvalue weighted by molar-refractivity contribution is 0.0632. The molecule has 0 amide bonds. The van der Waals surface area contributed by atoms with Crippen LogP contribution >= 0.6 is 0 Å². The van der Waals surface area contributed by atoms with E-state index in [1.807, 2.05) is 18.3 Å². The molecule has 4 rings (SSSR count). The number of piperidine rings is 1. The molecule has 3 aromatic rings. The largest absolute Gasteiger partial charge is 0.496 e. The van der Waals surface area contributed by atoms with Crippen LogP contribution in [0.15, 0.2) is 42.6 Å². The first-order chi connectivity index (χ1) is 14.3. The molecule has 1 saturated heterocycles. The Labute approximate surface area is 177 Å². The molecule has 0 aliphatic carbocycles. The molecule has 30 heavy (non-hydrogen) atoms. The van der Waals surface area contributed by atoms with Gasteiger partial charge in [0.25, 0.3) is 0 Å². The lowest BCUT2D eigenvalue weighted by Crippen LogP contribution is -2.39. The number of aryl methyl sites for hydroxylation is 1. The summed E-state index contributed by atoms with van der Waals surface area (Å²) in [6.07, 6.45) is 4.15. The highest BCUT2D eigenvalue weighted by atomic mass is 16.5. The van der Waals surface area contributed by atoms with Crippen molar-refractivity contribution in [1.82, 2.24) is 9.88 Å². The van der Waals surface area contributed by atoms with E-state index in [4.69, 9.17) is 4.74 Å². The SMILES string of the molecule is COc1cc(C)c2[nH]ccc2c1CN1CCC(C)(C)CC1c1ccc(C(=O)O)cc1. The number of aromatic nitrogens is 1. The van der Waals surface area contributed by atoms with Crippen LogP contribution in [0.25, 0.3) is 10.9 Å². The minimum absolute atomic E-state index is 0.233. The minimum atomic E-state index is -0.887. The monoisotopic (exact) mass is 406 g/mol. The summed E-state index contributed by atoms with van der Waals surface area (Å²) in [5, 5.41) is 10.5. The van der Waals surface area contributed by atoms with Gasteiger partial charge in [-0.25, -0.2) is 4.79 Å². The zero-order chi connectivity index (χ0) is 21.5. The molecule has 2 aromatic carbocycles. The summed E-state index contributed by atoms with van der Waals surface area (Å²) < 4.78 is 5.76. The van der Waals surface area contributed by atoms with Crippen molar-refractivity contribution in [3.63, 3.8) is 0 Å². The van der Waals surface area contributed by atoms with E-state index in [1.54, 1.807) is 19.2 Å². The molecule has 1 unspecified atom stereocenters. The number of benzene rings is 2. The third-order valence-electron chi connectivity index (χ3n) is 6.50. The first-order valence-electron chi connectivity index (χ1n) is 10.5. The molecule has 2 heterocycles. The molecule has 0 saturated carbocycles. The fraction of sp³-hybridized carbons (Fsp3) is 0.400. The number of likely N-dealkylation sites (tertiary alicyclic amines) is 1. The van der Waals surface area contributed by atoms with Gasteiger partial charge in [0.05, 0.1) is 12.7 Å². The van der Waals surface area contributed by atoms with E-state index in [9.17, 15) is 9.90 Å². The van der Waals surface area contributed by atoms with Crippen molar-refractivity contribution in [3.8, 4) is 5.75 Å². The maximum Gasteiger partial charge on any atom is 0.335 e. The van der Waals surface area contributed by atoms with Gasteiger partial charge in [-0.15, -0.1) is 0 Å². The van der Waals surface area contributed by atoms with Gasteiger partial charge in [-0.2, -0.15) is 0 Å². The van der Waals surface area contributed by atoms with E-state index in [2.05, 4.69) is 42.8 Å². The van der Waals surface area contributed by atoms with Crippen molar-refractivity contribution in [1.29, 1.82) is 0 Å². The number of ether oxygens (including phenoxy) is 1. The number of carboxylic acid groups (broad SMARTS) is 1. The smallest absolute Gasteiger partial charge is 0.335 e. The summed E-state index contributed by atoms with van der Waals surface area (Å²) in [5.41, 5.74) is 5.28. The molecular weight excluding hydrogens is 376 g/mol. The third kappa shape index (κ3) is 3.82. The normalized spacial score (nSPS) is 19.1. The summed E-state index contributed by atoms with van der Waals surface area (Å²) in [7, 11) is 1.73. The number of hydrogen-bond acceptors (Lipinski definition) is 3. The van der Waals surface area contributed by atoms with Crippen molar-refractivity contribution >= 4 is 16.9 Å². The number of carbonyl (C=O) groups is 1. The van der Waals surface area contributed by atoms with Gasteiger partial charge >= 0.3 is 5.97 Å². The summed E-state index contributed by atoms with van der Waals surface area (Å²) in [6.45, 7) is 8.52. The molecule has 1 aliphatic heterocycles. The lowest BCUT2D eigenvalue weighted by atomic mass is 9.76. The van der Waals surface area contributed by atoms with Gasteiger partial charge in [0.2, 0.25) is 0 Å². The number of rotatable bonds is 5. The Morgan fingerprint density at radius 3 is 2.67 bits per heavy atom. The Balaban J connectivity index is 1.72. The van der Waals surface area contributed by atoms with E-state index in [0.29, 0.717) is 5.56 Å². The van der Waals surface area contributed by atoms with Crippen LogP contribution < -0.4 is 4.74 Å². The molecule has 5 heteroatoms. The molecule has 158 valence electrons. The lowest BCUT2D eigenvalue weighted by Gasteiger charge is -2.44. The van der Waals surface area contributed by atoms with Gasteiger partial charge in [0.15, 0.2) is 0 Å². The average molecular weight is 407 g/mol. The summed E-state index contributed by atoms with van der Waals surface area (Å²) in [6, 6.07) is 11.9. The fourth-order valence-corrected chi connectivity index (χ4v) is 4.71. The first kappa shape index (κ1) is 20.5. The third-order valence-corrected chi connectivity index (χ3v) is 6.50. The fourth-order valence-electron chi connectivity index (χ4n) is 4.71. The van der Waals surface area contributed by atoms with Crippen LogP contribution in [0.5, 0.6) is 5.75 Å². The number of nitrogens with zero attached hydrogens (tertiary/aromatic N) is 1. The quantitative estimate of drug-likeness (QED) is 0.583. The number of fused-ring (bicyclic) bond motifs is 1. The Hall–Kier alpha value is -2.79. The van der Waals surface area contributed by atoms with Gasteiger partial charge in [-0.05, 0) is 67.1 Å². The zero-order valence-electron chi connectivity index (χ0n) is 18.2. The van der Waals surface area contributed by atoms with Crippen LogP contribution in [-0.4, -0.2) is 34.6 Å². The Bertz CT molecular complexity index is 1070. The predicted octanol–water partition coefficient (Wildman–Crippen LogP) is 5.55. The van der Waals surface area contributed by atoms with Crippen LogP contribution in [0, 0.1) is 12.3 Å². The van der Waals surface area contributed by atoms with E-state index in [0.717, 1.165) is 37.2 Å². The van der Waals surface area contributed by atoms with Crippen molar-refractivity contribution in [2.75, 3.05) is 13.7 Å². The number of H-pyrrole nitrogens is 1. The molecule has 1 aromatic heterocycles. The molecule has 0 bridgehead atoms. The van der Waals surface area contributed by atoms with Crippen LogP contribution in [0.3, 0.4) is 0 Å². The standard InChI is InChI=1S/C25H30N2O3/c1-16-13-22(30-4)20(19-9-11-26-23(16)19)15-27-12-10-25(2,3)14-21(27)17-5-7-18(8-6-17)24(28)29/h5-9,11,13,21,26H,10,12,14-15H2,1-4H3,(H,28,29). The molecule has 0 spiro atoms. The molecule has 1 fully saturated rings. The van der Waals surface area contributed by atoms with Crippen LogP contribution in [0.1, 0.15) is 59.8 Å². The number of nitrogens with one attached hydrogen (secondary N) is 1. The molecular formula is C25H30N2O3. The van der Waals surface area contributed by atoms with Gasteiger partial charge in [0, 0.05) is 35.2 Å². The van der Waals surface area contributed by atoms with E-state index in [-0.39, 0.29) is 11.5 Å². The zero-order valence-corrected chi connectivity index (χ0v) is 18.2. The van der Waals surface area contributed by atoms with Crippen molar-refractivity contribution in [2.45, 2.75) is 46.2 Å². The maximum absolute atomic E-state index is 11.3. The van der Waals surface area contributed by atoms with E-state index in [1.165, 1.54) is 22.1 Å². The first-order valence-corrected chi connectivity index (χ1v) is 10.5. The second kappa shape index (κ2) is 7.80. The minimum Gasteiger partial charge on any atom is -0.496 e. The van der Waals surface area contributed by atoms with E-state index >= 15 is 0 Å². The summed E-state index contributed by atoms with van der Waals surface area (Å²) in [4.78, 5) is 17.1. The number of carboxylic acids is 1. The number of methoxy groups -OCH3 is 1. The summed E-state index contributed by atoms with van der Waals surface area (Å²) >= 11 is 0. The molecule has 0 radical (unpaired) electrons. The second-order valence-electron chi connectivity index (χ2n) is 9.17. The van der Waals surface area contributed by atoms with Gasteiger partial charge < -0.3 is 14.8 Å². The van der Waals surface area contributed by atoms with Crippen molar-refractivity contribution in [2.24, 2.45) is 5.41 Å². The van der Waals surface area contributed by atoms with Gasteiger partial charge in [-0.3, -0.25) is 4.90 Å². The Morgan fingerprint density at radius 1 is 1.27 bits per heavy atom.